The van der Waals surface area contributed by atoms with Crippen LogP contribution in [0.3, 0.4) is 0 Å². The smallest absolute Gasteiger partial charge is 0.113 e. The van der Waals surface area contributed by atoms with Crippen LogP contribution < -0.4 is 0 Å². The van der Waals surface area contributed by atoms with E-state index in [4.69, 9.17) is 0 Å². The van der Waals surface area contributed by atoms with Gasteiger partial charge in [0.15, 0.2) is 0 Å². The lowest BCUT2D eigenvalue weighted by atomic mass is 10.0. The summed E-state index contributed by atoms with van der Waals surface area (Å²) < 4.78 is 0. The summed E-state index contributed by atoms with van der Waals surface area (Å²) in [6.07, 6.45) is 1.72. The standard InChI is InChI=1S/C16H20OS/c1-4-6-13-7-5-8-14(10-13)16(17)15-9-11(2)12(3)18-15/h5,7-10,16-17H,4,6H2,1-3H3. The molecule has 0 spiro atoms. The number of aliphatic hydroxyl groups is 1. The van der Waals surface area contributed by atoms with Crippen molar-refractivity contribution in [1.82, 2.24) is 0 Å². The molecule has 0 bridgehead atoms. The van der Waals surface area contributed by atoms with Gasteiger partial charge in [0.05, 0.1) is 0 Å². The Morgan fingerprint density at radius 3 is 2.61 bits per heavy atom. The largest absolute Gasteiger partial charge is 0.383 e. The molecule has 2 rings (SSSR count). The minimum absolute atomic E-state index is 0.487. The molecule has 0 radical (unpaired) electrons. The highest BCUT2D eigenvalue weighted by Gasteiger charge is 2.14. The average molecular weight is 260 g/mol. The maximum atomic E-state index is 10.4. The first-order valence-electron chi connectivity index (χ1n) is 6.45. The van der Waals surface area contributed by atoms with Gasteiger partial charge in [-0.2, -0.15) is 0 Å². The van der Waals surface area contributed by atoms with E-state index in [2.05, 4.69) is 39.0 Å². The molecule has 1 heterocycles. The topological polar surface area (TPSA) is 20.2 Å². The summed E-state index contributed by atoms with van der Waals surface area (Å²) in [4.78, 5) is 2.33. The van der Waals surface area contributed by atoms with Gasteiger partial charge < -0.3 is 5.11 Å². The summed E-state index contributed by atoms with van der Waals surface area (Å²) in [5, 5.41) is 10.4. The van der Waals surface area contributed by atoms with Crippen molar-refractivity contribution in [3.63, 3.8) is 0 Å². The zero-order valence-corrected chi connectivity index (χ0v) is 12.1. The van der Waals surface area contributed by atoms with Crippen molar-refractivity contribution in [3.05, 3.63) is 56.8 Å². The Hall–Kier alpha value is -1.12. The Balaban J connectivity index is 2.27. The molecule has 0 aliphatic rings. The highest BCUT2D eigenvalue weighted by molar-refractivity contribution is 7.12. The van der Waals surface area contributed by atoms with Gasteiger partial charge in [-0.15, -0.1) is 11.3 Å². The Morgan fingerprint density at radius 1 is 1.22 bits per heavy atom. The van der Waals surface area contributed by atoms with Gasteiger partial charge in [0.25, 0.3) is 0 Å². The molecule has 0 amide bonds. The van der Waals surface area contributed by atoms with E-state index in [1.54, 1.807) is 11.3 Å². The maximum Gasteiger partial charge on any atom is 0.113 e. The summed E-state index contributed by atoms with van der Waals surface area (Å²) in [7, 11) is 0. The van der Waals surface area contributed by atoms with Crippen molar-refractivity contribution in [2.24, 2.45) is 0 Å². The first kappa shape index (κ1) is 13.3. The molecular formula is C16H20OS. The summed E-state index contributed by atoms with van der Waals surface area (Å²) in [5.74, 6) is 0. The van der Waals surface area contributed by atoms with Crippen molar-refractivity contribution in [2.45, 2.75) is 39.7 Å². The SMILES string of the molecule is CCCc1cccc(C(O)c2cc(C)c(C)s2)c1. The van der Waals surface area contributed by atoms with Crippen LogP contribution in [0.2, 0.25) is 0 Å². The van der Waals surface area contributed by atoms with Crippen molar-refractivity contribution in [1.29, 1.82) is 0 Å². The molecular weight excluding hydrogens is 240 g/mol. The summed E-state index contributed by atoms with van der Waals surface area (Å²) in [6, 6.07) is 10.4. The van der Waals surface area contributed by atoms with Crippen LogP contribution in [0.1, 0.15) is 45.9 Å². The van der Waals surface area contributed by atoms with Gasteiger partial charge in [0, 0.05) is 9.75 Å². The number of aryl methyl sites for hydroxylation is 3. The molecule has 1 aromatic carbocycles. The number of hydrogen-bond acceptors (Lipinski definition) is 2. The van der Waals surface area contributed by atoms with E-state index < -0.39 is 6.10 Å². The molecule has 1 unspecified atom stereocenters. The van der Waals surface area contributed by atoms with E-state index >= 15 is 0 Å². The van der Waals surface area contributed by atoms with Crippen molar-refractivity contribution < 1.29 is 5.11 Å². The zero-order valence-electron chi connectivity index (χ0n) is 11.2. The molecule has 0 saturated carbocycles. The Labute approximate surface area is 113 Å². The van der Waals surface area contributed by atoms with Crippen LogP contribution in [0.15, 0.2) is 30.3 Å². The summed E-state index contributed by atoms with van der Waals surface area (Å²) in [6.45, 7) is 6.37. The molecule has 96 valence electrons. The third-order valence-electron chi connectivity index (χ3n) is 3.26. The molecule has 0 saturated heterocycles. The van der Waals surface area contributed by atoms with E-state index in [1.807, 2.05) is 12.1 Å². The molecule has 0 aliphatic heterocycles. The lowest BCUT2D eigenvalue weighted by molar-refractivity contribution is 0.224. The second-order valence-electron chi connectivity index (χ2n) is 4.79. The highest BCUT2D eigenvalue weighted by Crippen LogP contribution is 2.31. The fourth-order valence-electron chi connectivity index (χ4n) is 2.11. The highest BCUT2D eigenvalue weighted by atomic mass is 32.1. The molecule has 2 heteroatoms. The van der Waals surface area contributed by atoms with Crippen LogP contribution >= 0.6 is 11.3 Å². The number of thiophene rings is 1. The van der Waals surface area contributed by atoms with Crippen LogP contribution in [0.4, 0.5) is 0 Å². The normalized spacial score (nSPS) is 12.7. The fourth-order valence-corrected chi connectivity index (χ4v) is 3.17. The first-order valence-corrected chi connectivity index (χ1v) is 7.27. The molecule has 2 aromatic rings. The van der Waals surface area contributed by atoms with Gasteiger partial charge >= 0.3 is 0 Å². The Kier molecular flexibility index (Phi) is 4.20. The van der Waals surface area contributed by atoms with Crippen molar-refractivity contribution in [3.8, 4) is 0 Å². The van der Waals surface area contributed by atoms with Gasteiger partial charge in [-0.1, -0.05) is 37.6 Å². The third kappa shape index (κ3) is 2.82. The Bertz CT molecular complexity index is 508. The number of aliphatic hydroxyl groups excluding tert-OH is 1. The molecule has 18 heavy (non-hydrogen) atoms. The number of hydrogen-bond donors (Lipinski definition) is 1. The maximum absolute atomic E-state index is 10.4. The van der Waals surface area contributed by atoms with Gasteiger partial charge in [0.1, 0.15) is 6.10 Å². The van der Waals surface area contributed by atoms with Crippen molar-refractivity contribution in [2.75, 3.05) is 0 Å². The number of rotatable bonds is 4. The molecule has 0 fully saturated rings. The zero-order chi connectivity index (χ0) is 13.1. The van der Waals surface area contributed by atoms with Crippen LogP contribution in [0, 0.1) is 13.8 Å². The lowest BCUT2D eigenvalue weighted by Gasteiger charge is -2.10. The van der Waals surface area contributed by atoms with Gasteiger partial charge in [0.2, 0.25) is 0 Å². The van der Waals surface area contributed by atoms with Crippen LogP contribution in [0.5, 0.6) is 0 Å². The second-order valence-corrected chi connectivity index (χ2v) is 6.07. The first-order chi connectivity index (χ1) is 8.61. The Morgan fingerprint density at radius 2 is 2.00 bits per heavy atom. The van der Waals surface area contributed by atoms with Gasteiger partial charge in [-0.05, 0) is 43.0 Å². The van der Waals surface area contributed by atoms with Crippen molar-refractivity contribution >= 4 is 11.3 Å². The summed E-state index contributed by atoms with van der Waals surface area (Å²) >= 11 is 1.69. The number of benzene rings is 1. The van der Waals surface area contributed by atoms with Crippen LogP contribution in [-0.2, 0) is 6.42 Å². The van der Waals surface area contributed by atoms with Crippen LogP contribution in [-0.4, -0.2) is 5.11 Å². The monoisotopic (exact) mass is 260 g/mol. The fraction of sp³-hybridized carbons (Fsp3) is 0.375. The minimum Gasteiger partial charge on any atom is -0.383 e. The minimum atomic E-state index is -0.487. The average Bonchev–Trinajstić information content (AvgIpc) is 2.69. The molecule has 1 N–H and O–H groups in total. The van der Waals surface area contributed by atoms with E-state index in [0.717, 1.165) is 23.3 Å². The van der Waals surface area contributed by atoms with E-state index in [9.17, 15) is 5.11 Å². The van der Waals surface area contributed by atoms with E-state index in [-0.39, 0.29) is 0 Å². The van der Waals surface area contributed by atoms with E-state index in [0.29, 0.717) is 0 Å². The van der Waals surface area contributed by atoms with E-state index in [1.165, 1.54) is 16.0 Å². The second kappa shape index (κ2) is 5.68. The molecule has 1 atom stereocenters. The predicted octanol–water partition coefficient (Wildman–Crippen LogP) is 4.40. The van der Waals surface area contributed by atoms with Gasteiger partial charge in [-0.3, -0.25) is 0 Å². The summed E-state index contributed by atoms with van der Waals surface area (Å²) in [5.41, 5.74) is 3.57. The molecule has 1 nitrogen and oxygen atoms in total. The van der Waals surface area contributed by atoms with Gasteiger partial charge in [-0.25, -0.2) is 0 Å². The molecule has 0 aliphatic carbocycles. The molecule has 1 aromatic heterocycles. The predicted molar refractivity (Wildman–Crippen MR) is 78.3 cm³/mol. The third-order valence-corrected chi connectivity index (χ3v) is 4.46. The lowest BCUT2D eigenvalue weighted by Crippen LogP contribution is -1.98. The quantitative estimate of drug-likeness (QED) is 0.864. The van der Waals surface area contributed by atoms with Crippen LogP contribution in [0.25, 0.3) is 0 Å².